The van der Waals surface area contributed by atoms with Gasteiger partial charge in [-0.2, -0.15) is 0 Å². The molecule has 1 unspecified atom stereocenters. The van der Waals surface area contributed by atoms with E-state index in [4.69, 9.17) is 9.47 Å². The van der Waals surface area contributed by atoms with Crippen LogP contribution in [0.2, 0.25) is 0 Å². The van der Waals surface area contributed by atoms with E-state index in [1.807, 2.05) is 0 Å². The number of fused-ring (bicyclic) bond motifs is 3. The maximum absolute atomic E-state index is 12.3. The predicted molar refractivity (Wildman–Crippen MR) is 72.5 cm³/mol. The molecule has 0 bridgehead atoms. The van der Waals surface area contributed by atoms with Crippen molar-refractivity contribution in [1.82, 2.24) is 0 Å². The van der Waals surface area contributed by atoms with Crippen LogP contribution in [0.4, 0.5) is 0 Å². The van der Waals surface area contributed by atoms with Crippen molar-refractivity contribution in [3.05, 3.63) is 34.6 Å². The van der Waals surface area contributed by atoms with Crippen LogP contribution in [0, 0.1) is 11.8 Å². The van der Waals surface area contributed by atoms with Gasteiger partial charge >= 0.3 is 0 Å². The Morgan fingerprint density at radius 3 is 2.79 bits per heavy atom. The van der Waals surface area contributed by atoms with Gasteiger partial charge in [0.2, 0.25) is 0 Å². The molecular weight excluding hydrogens is 240 g/mol. The third kappa shape index (κ3) is 1.88. The van der Waals surface area contributed by atoms with Gasteiger partial charge in [-0.25, -0.2) is 0 Å². The summed E-state index contributed by atoms with van der Waals surface area (Å²) in [5.74, 6) is 1.61. The number of carbonyl (C=O) groups is 1. The highest BCUT2D eigenvalue weighted by Gasteiger charge is 2.43. The normalized spacial score (nSPS) is 33.6. The van der Waals surface area contributed by atoms with Crippen LogP contribution in [-0.4, -0.2) is 26.1 Å². The molecule has 1 saturated carbocycles. The summed E-state index contributed by atoms with van der Waals surface area (Å²) in [6.45, 7) is 2.11. The Balaban J connectivity index is 2.09. The molecule has 0 aromatic rings. The van der Waals surface area contributed by atoms with Gasteiger partial charge in [0.25, 0.3) is 0 Å². The van der Waals surface area contributed by atoms with Crippen molar-refractivity contribution in [2.24, 2.45) is 11.8 Å². The van der Waals surface area contributed by atoms with Crippen LogP contribution in [0.1, 0.15) is 26.2 Å². The van der Waals surface area contributed by atoms with E-state index in [0.717, 1.165) is 24.2 Å². The second kappa shape index (κ2) is 4.64. The van der Waals surface area contributed by atoms with E-state index < -0.39 is 0 Å². The molecule has 0 aromatic carbocycles. The van der Waals surface area contributed by atoms with Crippen molar-refractivity contribution >= 4 is 5.78 Å². The first kappa shape index (κ1) is 12.7. The Morgan fingerprint density at radius 1 is 1.32 bits per heavy atom. The van der Waals surface area contributed by atoms with Gasteiger partial charge in [-0.1, -0.05) is 17.7 Å². The lowest BCUT2D eigenvalue weighted by Gasteiger charge is -2.35. The molecule has 0 radical (unpaired) electrons. The van der Waals surface area contributed by atoms with Crippen molar-refractivity contribution < 1.29 is 14.3 Å². The molecule has 3 aliphatic rings. The summed E-state index contributed by atoms with van der Waals surface area (Å²) in [5, 5.41) is 0. The number of Topliss-reactive ketones (excluding diaryl/α,β-unsaturated/α-hetero) is 1. The van der Waals surface area contributed by atoms with Gasteiger partial charge in [0.1, 0.15) is 17.6 Å². The Labute approximate surface area is 114 Å². The fourth-order valence-corrected chi connectivity index (χ4v) is 3.67. The number of methoxy groups -OCH3 is 2. The SMILES string of the molecule is COC1=C2C(=CCC1OC)CC(=O)[C@@H]1CC(C)=C[C@H]21. The first-order valence-electron chi connectivity index (χ1n) is 6.86. The zero-order valence-corrected chi connectivity index (χ0v) is 11.7. The van der Waals surface area contributed by atoms with E-state index in [9.17, 15) is 4.79 Å². The Bertz CT molecular complexity index is 510. The Kier molecular flexibility index (Phi) is 3.09. The smallest absolute Gasteiger partial charge is 0.141 e. The van der Waals surface area contributed by atoms with Gasteiger partial charge in [0.15, 0.2) is 0 Å². The van der Waals surface area contributed by atoms with E-state index in [2.05, 4.69) is 19.1 Å². The number of hydrogen-bond acceptors (Lipinski definition) is 3. The summed E-state index contributed by atoms with van der Waals surface area (Å²) in [5.41, 5.74) is 3.68. The maximum atomic E-state index is 12.3. The molecule has 3 rings (SSSR count). The lowest BCUT2D eigenvalue weighted by atomic mass is 9.71. The molecule has 3 nitrogen and oxygen atoms in total. The number of rotatable bonds is 2. The van der Waals surface area contributed by atoms with Crippen molar-refractivity contribution in [2.45, 2.75) is 32.3 Å². The average Bonchev–Trinajstić information content (AvgIpc) is 2.80. The minimum Gasteiger partial charge on any atom is -0.498 e. The van der Waals surface area contributed by atoms with Gasteiger partial charge in [-0.15, -0.1) is 0 Å². The molecule has 1 fully saturated rings. The highest BCUT2D eigenvalue weighted by Crippen LogP contribution is 2.48. The highest BCUT2D eigenvalue weighted by atomic mass is 16.5. The molecule has 0 saturated heterocycles. The van der Waals surface area contributed by atoms with Crippen molar-refractivity contribution in [2.75, 3.05) is 14.2 Å². The molecule has 3 heteroatoms. The van der Waals surface area contributed by atoms with Crippen LogP contribution < -0.4 is 0 Å². The van der Waals surface area contributed by atoms with Crippen LogP contribution in [0.3, 0.4) is 0 Å². The number of hydrogen-bond donors (Lipinski definition) is 0. The van der Waals surface area contributed by atoms with Crippen LogP contribution in [0.15, 0.2) is 34.6 Å². The number of carbonyl (C=O) groups excluding carboxylic acids is 1. The number of allylic oxidation sites excluding steroid dienone is 4. The van der Waals surface area contributed by atoms with E-state index in [1.54, 1.807) is 14.2 Å². The molecule has 0 aliphatic heterocycles. The summed E-state index contributed by atoms with van der Waals surface area (Å²) in [6.07, 6.45) is 6.64. The van der Waals surface area contributed by atoms with Crippen molar-refractivity contribution in [3.8, 4) is 0 Å². The molecule has 102 valence electrons. The van der Waals surface area contributed by atoms with E-state index >= 15 is 0 Å². The minimum absolute atomic E-state index is 0.00749. The summed E-state index contributed by atoms with van der Waals surface area (Å²) < 4.78 is 11.1. The highest BCUT2D eigenvalue weighted by molar-refractivity contribution is 5.89. The monoisotopic (exact) mass is 260 g/mol. The fraction of sp³-hybridized carbons (Fsp3) is 0.562. The lowest BCUT2D eigenvalue weighted by molar-refractivity contribution is -0.123. The summed E-state index contributed by atoms with van der Waals surface area (Å²) in [4.78, 5) is 12.3. The minimum atomic E-state index is -0.00749. The fourth-order valence-electron chi connectivity index (χ4n) is 3.67. The molecule has 0 amide bonds. The molecule has 0 spiro atoms. The van der Waals surface area contributed by atoms with Gasteiger partial charge in [-0.3, -0.25) is 4.79 Å². The van der Waals surface area contributed by atoms with Crippen LogP contribution >= 0.6 is 0 Å². The molecule has 0 N–H and O–H groups in total. The lowest BCUT2D eigenvalue weighted by Crippen LogP contribution is -2.33. The Morgan fingerprint density at radius 2 is 2.11 bits per heavy atom. The molecule has 3 atom stereocenters. The van der Waals surface area contributed by atoms with Crippen molar-refractivity contribution in [1.29, 1.82) is 0 Å². The van der Waals surface area contributed by atoms with Crippen LogP contribution in [-0.2, 0) is 14.3 Å². The Hall–Kier alpha value is -1.35. The standard InChI is InChI=1S/C16H20O3/c1-9-6-11-12(7-9)15-10(8-13(11)17)4-5-14(18-2)16(15)19-3/h4,7,11-12,14H,5-6,8H2,1-3H3/t11-,12+,14?/m1/s1. The van der Waals surface area contributed by atoms with Crippen molar-refractivity contribution in [3.63, 3.8) is 0 Å². The molecule has 0 heterocycles. The van der Waals surface area contributed by atoms with E-state index in [0.29, 0.717) is 12.2 Å². The largest absolute Gasteiger partial charge is 0.498 e. The topological polar surface area (TPSA) is 35.5 Å². The molecule has 0 aromatic heterocycles. The first-order chi connectivity index (χ1) is 9.15. The second-order valence-electron chi connectivity index (χ2n) is 5.66. The zero-order valence-electron chi connectivity index (χ0n) is 11.7. The number of ether oxygens (including phenoxy) is 2. The summed E-state index contributed by atoms with van der Waals surface area (Å²) in [7, 11) is 3.42. The first-order valence-corrected chi connectivity index (χ1v) is 6.86. The van der Waals surface area contributed by atoms with Crippen LogP contribution in [0.5, 0.6) is 0 Å². The van der Waals surface area contributed by atoms with Gasteiger partial charge in [-0.05, 0) is 25.3 Å². The predicted octanol–water partition coefficient (Wildman–Crippen LogP) is 2.79. The molecule has 19 heavy (non-hydrogen) atoms. The quantitative estimate of drug-likeness (QED) is 0.716. The average molecular weight is 260 g/mol. The molecule has 3 aliphatic carbocycles. The van der Waals surface area contributed by atoms with Gasteiger partial charge in [0, 0.05) is 30.9 Å². The van der Waals surface area contributed by atoms with Crippen LogP contribution in [0.25, 0.3) is 0 Å². The van der Waals surface area contributed by atoms with E-state index in [1.165, 1.54) is 11.1 Å². The zero-order chi connectivity index (χ0) is 13.6. The second-order valence-corrected chi connectivity index (χ2v) is 5.66. The maximum Gasteiger partial charge on any atom is 0.141 e. The number of ketones is 1. The summed E-state index contributed by atoms with van der Waals surface area (Å²) in [6, 6.07) is 0. The van der Waals surface area contributed by atoms with Gasteiger partial charge < -0.3 is 9.47 Å². The molecular formula is C16H20O3. The third-order valence-corrected chi connectivity index (χ3v) is 4.54. The van der Waals surface area contributed by atoms with E-state index in [-0.39, 0.29) is 17.9 Å². The van der Waals surface area contributed by atoms with Gasteiger partial charge in [0.05, 0.1) is 7.11 Å². The summed E-state index contributed by atoms with van der Waals surface area (Å²) >= 11 is 0. The third-order valence-electron chi connectivity index (χ3n) is 4.54.